The second-order valence-electron chi connectivity index (χ2n) is 5.03. The second kappa shape index (κ2) is 5.95. The van der Waals surface area contributed by atoms with Crippen LogP contribution in [-0.2, 0) is 5.60 Å². The molecular formula is C16H20N2O. The number of aliphatic hydroxyl groups is 1. The minimum Gasteiger partial charge on any atom is -0.384 e. The molecule has 0 aliphatic rings. The Labute approximate surface area is 114 Å². The zero-order valence-corrected chi connectivity index (χ0v) is 11.4. The summed E-state index contributed by atoms with van der Waals surface area (Å²) in [6, 6.07) is 13.8. The van der Waals surface area contributed by atoms with Gasteiger partial charge in [0.2, 0.25) is 0 Å². The topological polar surface area (TPSA) is 45.1 Å². The molecule has 2 atom stereocenters. The zero-order valence-electron chi connectivity index (χ0n) is 11.4. The lowest BCUT2D eigenvalue weighted by atomic mass is 9.95. The van der Waals surface area contributed by atoms with Crippen LogP contribution in [0.5, 0.6) is 0 Å². The average Bonchev–Trinajstić information content (AvgIpc) is 2.47. The van der Waals surface area contributed by atoms with E-state index in [-0.39, 0.29) is 6.04 Å². The van der Waals surface area contributed by atoms with E-state index in [1.807, 2.05) is 55.6 Å². The molecule has 3 nitrogen and oxygen atoms in total. The molecule has 3 heteroatoms. The summed E-state index contributed by atoms with van der Waals surface area (Å²) in [5.74, 6) is 0. The van der Waals surface area contributed by atoms with Gasteiger partial charge in [0.05, 0.1) is 5.60 Å². The molecule has 2 N–H and O–H groups in total. The van der Waals surface area contributed by atoms with Gasteiger partial charge in [0.1, 0.15) is 0 Å². The summed E-state index contributed by atoms with van der Waals surface area (Å²) in [5.41, 5.74) is 1.16. The Morgan fingerprint density at radius 1 is 1.21 bits per heavy atom. The van der Waals surface area contributed by atoms with Gasteiger partial charge in [-0.05, 0) is 31.0 Å². The lowest BCUT2D eigenvalue weighted by Crippen LogP contribution is -2.36. The van der Waals surface area contributed by atoms with E-state index in [2.05, 4.69) is 17.2 Å². The highest BCUT2D eigenvalue weighted by molar-refractivity contribution is 5.22. The molecule has 0 aliphatic carbocycles. The third-order valence-corrected chi connectivity index (χ3v) is 3.33. The molecule has 100 valence electrons. The first-order chi connectivity index (χ1) is 9.09. The number of benzene rings is 1. The number of nitrogens with one attached hydrogen (secondary N) is 1. The molecule has 1 unspecified atom stereocenters. The van der Waals surface area contributed by atoms with E-state index in [1.54, 1.807) is 6.20 Å². The highest BCUT2D eigenvalue weighted by Gasteiger charge is 2.23. The predicted molar refractivity (Wildman–Crippen MR) is 76.7 cm³/mol. The highest BCUT2D eigenvalue weighted by atomic mass is 16.3. The van der Waals surface area contributed by atoms with Crippen molar-refractivity contribution in [3.05, 3.63) is 66.0 Å². The fourth-order valence-electron chi connectivity index (χ4n) is 2.00. The van der Waals surface area contributed by atoms with Crippen LogP contribution in [-0.4, -0.2) is 16.6 Å². The Bertz CT molecular complexity index is 497. The quantitative estimate of drug-likeness (QED) is 0.864. The molecule has 0 saturated carbocycles. The molecule has 19 heavy (non-hydrogen) atoms. The van der Waals surface area contributed by atoms with Gasteiger partial charge in [0.15, 0.2) is 0 Å². The maximum absolute atomic E-state index is 10.5. The second-order valence-corrected chi connectivity index (χ2v) is 5.03. The van der Waals surface area contributed by atoms with Gasteiger partial charge in [-0.1, -0.05) is 36.4 Å². The van der Waals surface area contributed by atoms with Crippen LogP contribution in [0, 0.1) is 0 Å². The average molecular weight is 256 g/mol. The lowest BCUT2D eigenvalue weighted by Gasteiger charge is -2.26. The predicted octanol–water partition coefficient (Wildman–Crippen LogP) is 2.64. The molecule has 0 aliphatic heterocycles. The molecule has 0 amide bonds. The number of hydrogen-bond donors (Lipinski definition) is 2. The number of aromatic nitrogens is 1. The smallest absolute Gasteiger partial charge is 0.0992 e. The van der Waals surface area contributed by atoms with Gasteiger partial charge in [-0.2, -0.15) is 0 Å². The van der Waals surface area contributed by atoms with Crippen LogP contribution >= 0.6 is 0 Å². The number of rotatable bonds is 5. The molecule has 1 heterocycles. The molecule has 0 fully saturated rings. The van der Waals surface area contributed by atoms with Gasteiger partial charge < -0.3 is 10.4 Å². The largest absolute Gasteiger partial charge is 0.384 e. The summed E-state index contributed by atoms with van der Waals surface area (Å²) in [7, 11) is 0. The van der Waals surface area contributed by atoms with Crippen LogP contribution in [0.1, 0.15) is 31.0 Å². The first-order valence-electron chi connectivity index (χ1n) is 6.51. The van der Waals surface area contributed by atoms with Crippen LogP contribution in [0.3, 0.4) is 0 Å². The van der Waals surface area contributed by atoms with Crippen molar-refractivity contribution < 1.29 is 5.11 Å². The Balaban J connectivity index is 1.99. The summed E-state index contributed by atoms with van der Waals surface area (Å²) in [5, 5.41) is 13.9. The van der Waals surface area contributed by atoms with Crippen molar-refractivity contribution in [3.63, 3.8) is 0 Å². The molecule has 0 bridgehead atoms. The molecule has 2 rings (SSSR count). The fourth-order valence-corrected chi connectivity index (χ4v) is 2.00. The molecule has 0 radical (unpaired) electrons. The standard InChI is InChI=1S/C16H20N2O/c1-13(14-7-6-10-17-11-14)18-12-16(2,19)15-8-4-3-5-9-15/h3-11,13,18-19H,12H2,1-2H3/t13-,16?/m1/s1. The molecule has 1 aromatic carbocycles. The van der Waals surface area contributed by atoms with Crippen molar-refractivity contribution in [1.29, 1.82) is 0 Å². The van der Waals surface area contributed by atoms with Crippen LogP contribution in [0.2, 0.25) is 0 Å². The van der Waals surface area contributed by atoms with E-state index in [4.69, 9.17) is 0 Å². The Hall–Kier alpha value is -1.71. The van der Waals surface area contributed by atoms with Crippen molar-refractivity contribution in [1.82, 2.24) is 10.3 Å². The first-order valence-corrected chi connectivity index (χ1v) is 6.51. The van der Waals surface area contributed by atoms with E-state index in [0.29, 0.717) is 6.54 Å². The third kappa shape index (κ3) is 3.63. The molecule has 1 aromatic heterocycles. The highest BCUT2D eigenvalue weighted by Crippen LogP contribution is 2.20. The fraction of sp³-hybridized carbons (Fsp3) is 0.312. The summed E-state index contributed by atoms with van der Waals surface area (Å²) in [6.45, 7) is 4.39. The van der Waals surface area contributed by atoms with Gasteiger partial charge in [-0.3, -0.25) is 4.98 Å². The van der Waals surface area contributed by atoms with Gasteiger partial charge in [0.25, 0.3) is 0 Å². The maximum atomic E-state index is 10.5. The molecule has 2 aromatic rings. The summed E-state index contributed by atoms with van der Waals surface area (Å²) in [4.78, 5) is 4.11. The maximum Gasteiger partial charge on any atom is 0.0992 e. The van der Waals surface area contributed by atoms with E-state index >= 15 is 0 Å². The van der Waals surface area contributed by atoms with E-state index in [9.17, 15) is 5.11 Å². The lowest BCUT2D eigenvalue weighted by molar-refractivity contribution is 0.0543. The van der Waals surface area contributed by atoms with Gasteiger partial charge in [0, 0.05) is 25.0 Å². The van der Waals surface area contributed by atoms with Crippen LogP contribution < -0.4 is 5.32 Å². The van der Waals surface area contributed by atoms with Gasteiger partial charge in [-0.15, -0.1) is 0 Å². The van der Waals surface area contributed by atoms with Crippen molar-refractivity contribution in [3.8, 4) is 0 Å². The minimum atomic E-state index is -0.877. The Morgan fingerprint density at radius 2 is 1.95 bits per heavy atom. The monoisotopic (exact) mass is 256 g/mol. The normalized spacial score (nSPS) is 15.7. The Kier molecular flexibility index (Phi) is 4.30. The SMILES string of the molecule is C[C@@H](NCC(C)(O)c1ccccc1)c1cccnc1. The van der Waals surface area contributed by atoms with Crippen LogP contribution in [0.15, 0.2) is 54.9 Å². The summed E-state index contributed by atoms with van der Waals surface area (Å²) in [6.07, 6.45) is 3.60. The molecule has 0 saturated heterocycles. The number of hydrogen-bond acceptors (Lipinski definition) is 3. The molecule has 0 spiro atoms. The van der Waals surface area contributed by atoms with Crippen molar-refractivity contribution in [2.24, 2.45) is 0 Å². The minimum absolute atomic E-state index is 0.156. The number of pyridine rings is 1. The van der Waals surface area contributed by atoms with E-state index in [1.165, 1.54) is 0 Å². The van der Waals surface area contributed by atoms with Crippen LogP contribution in [0.25, 0.3) is 0 Å². The zero-order chi connectivity index (χ0) is 13.7. The van der Waals surface area contributed by atoms with Crippen molar-refractivity contribution in [2.75, 3.05) is 6.54 Å². The van der Waals surface area contributed by atoms with E-state index in [0.717, 1.165) is 11.1 Å². The van der Waals surface area contributed by atoms with Crippen molar-refractivity contribution in [2.45, 2.75) is 25.5 Å². The van der Waals surface area contributed by atoms with Crippen LogP contribution in [0.4, 0.5) is 0 Å². The van der Waals surface area contributed by atoms with Gasteiger partial charge >= 0.3 is 0 Å². The van der Waals surface area contributed by atoms with E-state index < -0.39 is 5.60 Å². The third-order valence-electron chi connectivity index (χ3n) is 3.33. The Morgan fingerprint density at radius 3 is 2.58 bits per heavy atom. The summed E-state index contributed by atoms with van der Waals surface area (Å²) >= 11 is 0. The van der Waals surface area contributed by atoms with Gasteiger partial charge in [-0.25, -0.2) is 0 Å². The molecular weight excluding hydrogens is 236 g/mol. The van der Waals surface area contributed by atoms with Crippen molar-refractivity contribution >= 4 is 0 Å². The summed E-state index contributed by atoms with van der Waals surface area (Å²) < 4.78 is 0. The first kappa shape index (κ1) is 13.7. The number of nitrogens with zero attached hydrogens (tertiary/aromatic N) is 1.